The lowest BCUT2D eigenvalue weighted by Crippen LogP contribution is -2.07. The van der Waals surface area contributed by atoms with Gasteiger partial charge in [-0.1, -0.05) is 0 Å². The fourth-order valence-corrected chi connectivity index (χ4v) is 3.29. The lowest BCUT2D eigenvalue weighted by molar-refractivity contribution is 0.0600. The predicted octanol–water partition coefficient (Wildman–Crippen LogP) is 2.44. The molecule has 5 heteroatoms. The van der Waals surface area contributed by atoms with Gasteiger partial charge in [-0.2, -0.15) is 0 Å². The fourth-order valence-electron chi connectivity index (χ4n) is 1.65. The minimum absolute atomic E-state index is 0.0320. The molecule has 1 aromatic carbocycles. The molecule has 0 radical (unpaired) electrons. The maximum absolute atomic E-state index is 11.7. The molecule has 1 aliphatic heterocycles. The first-order valence-electron chi connectivity index (χ1n) is 4.73. The fraction of sp³-hybridized carbons (Fsp3) is 0.273. The molecule has 86 valence electrons. The van der Waals surface area contributed by atoms with Crippen LogP contribution in [-0.2, 0) is 4.74 Å². The smallest absolute Gasteiger partial charge is 0.337 e. The summed E-state index contributed by atoms with van der Waals surface area (Å²) in [6, 6.07) is 5.19. The molecule has 1 amide bonds. The molecule has 1 aromatic rings. The first kappa shape index (κ1) is 11.0. The number of nitrogens with one attached hydrogen (secondary N) is 1. The van der Waals surface area contributed by atoms with E-state index >= 15 is 0 Å². The van der Waals surface area contributed by atoms with E-state index in [0.717, 1.165) is 10.6 Å². The van der Waals surface area contributed by atoms with E-state index in [2.05, 4.69) is 10.1 Å². The van der Waals surface area contributed by atoms with Gasteiger partial charge in [-0.15, -0.1) is 10.0 Å². The van der Waals surface area contributed by atoms with Crippen molar-refractivity contribution in [3.05, 3.63) is 23.8 Å². The third kappa shape index (κ3) is 1.48. The molecular formula is C11H13NO3S. The molecule has 1 N–H and O–H groups in total. The third-order valence-corrected chi connectivity index (χ3v) is 5.14. The Hall–Kier alpha value is -1.49. The van der Waals surface area contributed by atoms with Crippen LogP contribution in [0.25, 0.3) is 0 Å². The number of ether oxygens (including phenoxy) is 1. The third-order valence-electron chi connectivity index (χ3n) is 2.65. The summed E-state index contributed by atoms with van der Waals surface area (Å²) in [5.41, 5.74) is 1.19. The molecule has 0 atom stereocenters. The molecule has 0 aliphatic carbocycles. The molecule has 4 nitrogen and oxygen atoms in total. The van der Waals surface area contributed by atoms with E-state index in [9.17, 15) is 9.59 Å². The zero-order valence-corrected chi connectivity index (χ0v) is 10.2. The Kier molecular flexibility index (Phi) is 2.42. The van der Waals surface area contributed by atoms with Crippen LogP contribution < -0.4 is 5.32 Å². The van der Waals surface area contributed by atoms with E-state index < -0.39 is 16.0 Å². The number of carbonyl (C=O) groups excluding carboxylic acids is 2. The largest absolute Gasteiger partial charge is 0.465 e. The number of carbonyl (C=O) groups is 2. The van der Waals surface area contributed by atoms with Crippen molar-refractivity contribution in [3.8, 4) is 0 Å². The van der Waals surface area contributed by atoms with Crippen molar-refractivity contribution in [2.24, 2.45) is 0 Å². The summed E-state index contributed by atoms with van der Waals surface area (Å²) >= 11 is 0. The van der Waals surface area contributed by atoms with Crippen LogP contribution in [0.15, 0.2) is 23.1 Å². The number of hydrogen-bond donors (Lipinski definition) is 1. The molecule has 0 aromatic heterocycles. The van der Waals surface area contributed by atoms with Gasteiger partial charge < -0.3 is 10.1 Å². The zero-order valence-electron chi connectivity index (χ0n) is 9.37. The lowest BCUT2D eigenvalue weighted by atomic mass is 10.2. The standard InChI is InChI=1S/C11H13NO3S/c1-15-10(13)7-4-5-9-8(6-7)12-11(14)16(9,2)3/h4-6H,1-3H3,(H,12,14). The van der Waals surface area contributed by atoms with Gasteiger partial charge in [0, 0.05) is 4.90 Å². The number of anilines is 1. The zero-order chi connectivity index (χ0) is 11.9. The van der Waals surface area contributed by atoms with Gasteiger partial charge in [-0.3, -0.25) is 4.79 Å². The Balaban J connectivity index is 2.48. The first-order chi connectivity index (χ1) is 7.46. The number of hydrogen-bond acceptors (Lipinski definition) is 3. The normalized spacial score (nSPS) is 18.6. The van der Waals surface area contributed by atoms with Crippen molar-refractivity contribution in [1.82, 2.24) is 0 Å². The van der Waals surface area contributed by atoms with Crippen LogP contribution in [0.1, 0.15) is 10.4 Å². The second kappa shape index (κ2) is 3.52. The molecular weight excluding hydrogens is 226 g/mol. The van der Waals surface area contributed by atoms with Crippen molar-refractivity contribution in [1.29, 1.82) is 0 Å². The average molecular weight is 239 g/mol. The highest BCUT2D eigenvalue weighted by Crippen LogP contribution is 2.58. The van der Waals surface area contributed by atoms with Crippen LogP contribution in [0.3, 0.4) is 0 Å². The summed E-state index contributed by atoms with van der Waals surface area (Å²) in [7, 11) is -0.0990. The van der Waals surface area contributed by atoms with E-state index in [4.69, 9.17) is 0 Å². The van der Waals surface area contributed by atoms with Crippen LogP contribution in [0.2, 0.25) is 0 Å². The van der Waals surface area contributed by atoms with E-state index in [0.29, 0.717) is 5.56 Å². The SMILES string of the molecule is COC(=O)c1ccc2c(c1)NC(=O)S2(C)C. The van der Waals surface area contributed by atoms with Crippen LogP contribution in [0, 0.1) is 0 Å². The summed E-state index contributed by atoms with van der Waals surface area (Å²) in [6.45, 7) is 0. The summed E-state index contributed by atoms with van der Waals surface area (Å²) < 4.78 is 4.63. The topological polar surface area (TPSA) is 55.4 Å². The van der Waals surface area contributed by atoms with Gasteiger partial charge in [0.2, 0.25) is 0 Å². The van der Waals surface area contributed by atoms with Gasteiger partial charge in [0.1, 0.15) is 0 Å². The highest BCUT2D eigenvalue weighted by Gasteiger charge is 2.34. The quantitative estimate of drug-likeness (QED) is 0.766. The highest BCUT2D eigenvalue weighted by atomic mass is 32.3. The van der Waals surface area contributed by atoms with Gasteiger partial charge in [0.15, 0.2) is 0 Å². The Morgan fingerprint density at radius 2 is 2.06 bits per heavy atom. The van der Waals surface area contributed by atoms with E-state index in [1.165, 1.54) is 7.11 Å². The van der Waals surface area contributed by atoms with E-state index in [1.807, 2.05) is 18.6 Å². The maximum Gasteiger partial charge on any atom is 0.337 e. The van der Waals surface area contributed by atoms with E-state index in [1.54, 1.807) is 12.1 Å². The molecule has 0 saturated carbocycles. The number of amides is 1. The summed E-state index contributed by atoms with van der Waals surface area (Å²) in [5, 5.41) is 2.83. The van der Waals surface area contributed by atoms with Crippen molar-refractivity contribution in [2.75, 3.05) is 24.9 Å². The molecule has 16 heavy (non-hydrogen) atoms. The predicted molar refractivity (Wildman–Crippen MR) is 64.5 cm³/mol. The minimum Gasteiger partial charge on any atom is -0.465 e. The number of rotatable bonds is 1. The van der Waals surface area contributed by atoms with Gasteiger partial charge in [-0.05, 0) is 30.7 Å². The number of benzene rings is 1. The highest BCUT2D eigenvalue weighted by molar-refractivity contribution is 8.44. The van der Waals surface area contributed by atoms with Crippen LogP contribution >= 0.6 is 10.0 Å². The molecule has 1 heterocycles. The van der Waals surface area contributed by atoms with Crippen molar-refractivity contribution in [3.63, 3.8) is 0 Å². The van der Waals surface area contributed by atoms with Gasteiger partial charge in [0.05, 0.1) is 18.4 Å². The molecule has 0 unspecified atom stereocenters. The van der Waals surface area contributed by atoms with Crippen molar-refractivity contribution in [2.45, 2.75) is 4.90 Å². The van der Waals surface area contributed by atoms with Gasteiger partial charge >= 0.3 is 5.97 Å². The Morgan fingerprint density at radius 3 is 2.69 bits per heavy atom. The molecule has 1 aliphatic rings. The monoisotopic (exact) mass is 239 g/mol. The van der Waals surface area contributed by atoms with Crippen LogP contribution in [0.5, 0.6) is 0 Å². The second-order valence-corrected chi connectivity index (χ2v) is 7.41. The van der Waals surface area contributed by atoms with Gasteiger partial charge in [-0.25, -0.2) is 4.79 Å². The molecule has 0 fully saturated rings. The molecule has 2 rings (SSSR count). The lowest BCUT2D eigenvalue weighted by Gasteiger charge is -2.21. The van der Waals surface area contributed by atoms with Crippen molar-refractivity contribution < 1.29 is 14.3 Å². The molecule has 0 spiro atoms. The Morgan fingerprint density at radius 1 is 1.38 bits per heavy atom. The Labute approximate surface area is 95.3 Å². The minimum atomic E-state index is -1.44. The summed E-state index contributed by atoms with van der Waals surface area (Å²) in [5.74, 6) is -0.392. The first-order valence-corrected chi connectivity index (χ1v) is 7.18. The van der Waals surface area contributed by atoms with Gasteiger partial charge in [0.25, 0.3) is 5.24 Å². The van der Waals surface area contributed by atoms with Crippen molar-refractivity contribution >= 4 is 26.9 Å². The van der Waals surface area contributed by atoms with E-state index in [-0.39, 0.29) is 5.24 Å². The van der Waals surface area contributed by atoms with Crippen LogP contribution in [-0.4, -0.2) is 30.8 Å². The average Bonchev–Trinajstić information content (AvgIpc) is 2.48. The second-order valence-electron chi connectivity index (χ2n) is 3.94. The molecule has 0 bridgehead atoms. The summed E-state index contributed by atoms with van der Waals surface area (Å²) in [4.78, 5) is 24.0. The Bertz CT molecular complexity index is 482. The molecule has 0 saturated heterocycles. The summed E-state index contributed by atoms with van der Waals surface area (Å²) in [6.07, 6.45) is 3.87. The van der Waals surface area contributed by atoms with Crippen LogP contribution in [0.4, 0.5) is 10.5 Å². The number of esters is 1. The maximum atomic E-state index is 11.7. The number of methoxy groups -OCH3 is 1. The number of fused-ring (bicyclic) bond motifs is 1.